The number of nitrogens with zero attached hydrogens (tertiary/aromatic N) is 4. The van der Waals surface area contributed by atoms with Gasteiger partial charge >= 0.3 is 0 Å². The monoisotopic (exact) mass is 307 g/mol. The number of hydrogen-bond acceptors (Lipinski definition) is 8. The van der Waals surface area contributed by atoms with Crippen molar-refractivity contribution in [2.24, 2.45) is 5.84 Å². The molecule has 4 N–H and O–H groups in total. The molecule has 0 aliphatic carbocycles. The molecule has 0 amide bonds. The number of aromatic nitrogens is 4. The van der Waals surface area contributed by atoms with Crippen LogP contribution in [0.3, 0.4) is 0 Å². The minimum atomic E-state index is 0.514. The number of hydrogen-bond donors (Lipinski definition) is 3. The Balaban J connectivity index is 2.07. The quantitative estimate of drug-likeness (QED) is 0.504. The maximum absolute atomic E-state index is 6.21. The molecule has 0 radical (unpaired) electrons. The summed E-state index contributed by atoms with van der Waals surface area (Å²) in [6.07, 6.45) is 0. The van der Waals surface area contributed by atoms with Crippen LogP contribution in [0.4, 0.5) is 17.3 Å². The molecule has 20 heavy (non-hydrogen) atoms. The van der Waals surface area contributed by atoms with Crippen molar-refractivity contribution in [2.45, 2.75) is 6.92 Å². The molecule has 102 valence electrons. The van der Waals surface area contributed by atoms with Crippen molar-refractivity contribution in [2.75, 3.05) is 10.7 Å². The van der Waals surface area contributed by atoms with Crippen LogP contribution in [-0.2, 0) is 0 Å². The lowest BCUT2D eigenvalue weighted by atomic mass is 10.2. The molecule has 1 aromatic carbocycles. The SMILES string of the molecule is Cc1nc(NN)cc(Nc2c(Cl)ccc3nsnc23)n1. The number of nitrogens with one attached hydrogen (secondary N) is 2. The molecular weight excluding hydrogens is 298 g/mol. The van der Waals surface area contributed by atoms with Gasteiger partial charge in [0.1, 0.15) is 28.5 Å². The van der Waals surface area contributed by atoms with Gasteiger partial charge in [0.05, 0.1) is 22.4 Å². The summed E-state index contributed by atoms with van der Waals surface area (Å²) < 4.78 is 8.42. The van der Waals surface area contributed by atoms with Crippen LogP contribution in [0.1, 0.15) is 5.82 Å². The normalized spacial score (nSPS) is 10.8. The Morgan fingerprint density at radius 3 is 2.80 bits per heavy atom. The molecule has 7 nitrogen and oxygen atoms in total. The van der Waals surface area contributed by atoms with Gasteiger partial charge in [-0.25, -0.2) is 15.8 Å². The number of nitrogen functional groups attached to an aromatic ring is 1. The molecule has 0 aliphatic rings. The van der Waals surface area contributed by atoms with E-state index in [2.05, 4.69) is 29.5 Å². The van der Waals surface area contributed by atoms with Crippen LogP contribution in [-0.4, -0.2) is 18.7 Å². The van der Waals surface area contributed by atoms with E-state index in [1.54, 1.807) is 19.1 Å². The molecule has 2 heterocycles. The lowest BCUT2D eigenvalue weighted by molar-refractivity contribution is 1.05. The zero-order chi connectivity index (χ0) is 14.1. The van der Waals surface area contributed by atoms with E-state index in [4.69, 9.17) is 17.4 Å². The Morgan fingerprint density at radius 2 is 2.00 bits per heavy atom. The fourth-order valence-corrected chi connectivity index (χ4v) is 2.52. The van der Waals surface area contributed by atoms with E-state index < -0.39 is 0 Å². The molecule has 9 heteroatoms. The topological polar surface area (TPSA) is 102 Å². The number of halogens is 1. The Hall–Kier alpha value is -2.03. The van der Waals surface area contributed by atoms with Crippen LogP contribution in [0, 0.1) is 6.92 Å². The van der Waals surface area contributed by atoms with Crippen molar-refractivity contribution in [3.63, 3.8) is 0 Å². The van der Waals surface area contributed by atoms with Gasteiger partial charge in [0.2, 0.25) is 0 Å². The number of fused-ring (bicyclic) bond motifs is 1. The van der Waals surface area contributed by atoms with Gasteiger partial charge in [0.25, 0.3) is 0 Å². The van der Waals surface area contributed by atoms with Crippen LogP contribution >= 0.6 is 23.3 Å². The number of aryl methyl sites for hydroxylation is 1. The molecule has 0 spiro atoms. The van der Waals surface area contributed by atoms with E-state index >= 15 is 0 Å². The number of nitrogens with two attached hydrogens (primary N) is 1. The molecule has 2 aromatic heterocycles. The molecule has 0 saturated carbocycles. The van der Waals surface area contributed by atoms with E-state index in [-0.39, 0.29) is 0 Å². The third kappa shape index (κ3) is 2.36. The second kappa shape index (κ2) is 5.16. The highest BCUT2D eigenvalue weighted by molar-refractivity contribution is 7.00. The largest absolute Gasteiger partial charge is 0.337 e. The summed E-state index contributed by atoms with van der Waals surface area (Å²) in [5, 5.41) is 3.69. The molecule has 0 atom stereocenters. The van der Waals surface area contributed by atoms with Gasteiger partial charge in [-0.2, -0.15) is 8.75 Å². The van der Waals surface area contributed by atoms with Crippen molar-refractivity contribution < 1.29 is 0 Å². The summed E-state index contributed by atoms with van der Waals surface area (Å²) in [6.45, 7) is 1.78. The fourth-order valence-electron chi connectivity index (χ4n) is 1.78. The maximum Gasteiger partial charge on any atom is 0.145 e. The second-order valence-electron chi connectivity index (χ2n) is 4.01. The first kappa shape index (κ1) is 13.0. The van der Waals surface area contributed by atoms with Crippen molar-refractivity contribution in [1.29, 1.82) is 0 Å². The Bertz CT molecular complexity index is 773. The van der Waals surface area contributed by atoms with Crippen LogP contribution in [0.15, 0.2) is 18.2 Å². The maximum atomic E-state index is 6.21. The van der Waals surface area contributed by atoms with Crippen LogP contribution in [0.5, 0.6) is 0 Å². The standard InChI is InChI=1S/C11H10ClN7S/c1-5-14-8(4-9(15-5)17-13)16-10-6(12)2-3-7-11(10)19-20-18-7/h2-4H,13H2,1H3,(H2,14,15,16,17). The summed E-state index contributed by atoms with van der Waals surface area (Å²) in [5.74, 6) is 7.05. The predicted octanol–water partition coefficient (Wildman–Crippen LogP) is 2.47. The van der Waals surface area contributed by atoms with E-state index in [0.29, 0.717) is 33.7 Å². The van der Waals surface area contributed by atoms with Crippen molar-refractivity contribution >= 4 is 51.7 Å². The Morgan fingerprint density at radius 1 is 1.20 bits per heavy atom. The minimum Gasteiger partial charge on any atom is -0.337 e. The van der Waals surface area contributed by atoms with Gasteiger partial charge in [0.15, 0.2) is 0 Å². The lowest BCUT2D eigenvalue weighted by Crippen LogP contribution is -2.10. The van der Waals surface area contributed by atoms with Gasteiger partial charge in [-0.3, -0.25) is 0 Å². The van der Waals surface area contributed by atoms with Gasteiger partial charge in [-0.15, -0.1) is 0 Å². The van der Waals surface area contributed by atoms with Crippen LogP contribution in [0.2, 0.25) is 5.02 Å². The Labute approximate surface area is 123 Å². The first-order chi connectivity index (χ1) is 9.67. The molecule has 0 fully saturated rings. The molecule has 0 unspecified atom stereocenters. The minimum absolute atomic E-state index is 0.514. The molecule has 3 rings (SSSR count). The average Bonchev–Trinajstić information content (AvgIpc) is 2.90. The number of benzene rings is 1. The third-order valence-corrected chi connectivity index (χ3v) is 3.47. The highest BCUT2D eigenvalue weighted by atomic mass is 35.5. The Kier molecular flexibility index (Phi) is 3.35. The summed E-state index contributed by atoms with van der Waals surface area (Å²) in [5.41, 5.74) is 4.65. The highest BCUT2D eigenvalue weighted by Crippen LogP contribution is 2.32. The summed E-state index contributed by atoms with van der Waals surface area (Å²) >= 11 is 7.35. The molecule has 0 saturated heterocycles. The highest BCUT2D eigenvalue weighted by Gasteiger charge is 2.11. The predicted molar refractivity (Wildman–Crippen MR) is 80.3 cm³/mol. The van der Waals surface area contributed by atoms with Crippen molar-refractivity contribution in [3.8, 4) is 0 Å². The van der Waals surface area contributed by atoms with Gasteiger partial charge < -0.3 is 10.7 Å². The zero-order valence-corrected chi connectivity index (χ0v) is 12.0. The van der Waals surface area contributed by atoms with Crippen LogP contribution in [0.25, 0.3) is 11.0 Å². The smallest absolute Gasteiger partial charge is 0.145 e. The van der Waals surface area contributed by atoms with Crippen molar-refractivity contribution in [3.05, 3.63) is 29.0 Å². The van der Waals surface area contributed by atoms with Crippen LogP contribution < -0.4 is 16.6 Å². The summed E-state index contributed by atoms with van der Waals surface area (Å²) in [7, 11) is 0. The van der Waals surface area contributed by atoms with Gasteiger partial charge in [0, 0.05) is 6.07 Å². The van der Waals surface area contributed by atoms with Gasteiger partial charge in [-0.1, -0.05) is 11.6 Å². The zero-order valence-electron chi connectivity index (χ0n) is 10.4. The number of rotatable bonds is 3. The first-order valence-corrected chi connectivity index (χ1v) is 6.78. The van der Waals surface area contributed by atoms with E-state index in [1.165, 1.54) is 0 Å². The average molecular weight is 308 g/mol. The molecule has 0 bridgehead atoms. The molecule has 3 aromatic rings. The molecule has 0 aliphatic heterocycles. The van der Waals surface area contributed by atoms with E-state index in [1.807, 2.05) is 6.07 Å². The lowest BCUT2D eigenvalue weighted by Gasteiger charge is -2.10. The van der Waals surface area contributed by atoms with E-state index in [0.717, 1.165) is 17.2 Å². The second-order valence-corrected chi connectivity index (χ2v) is 4.94. The van der Waals surface area contributed by atoms with E-state index in [9.17, 15) is 0 Å². The number of hydrazine groups is 1. The van der Waals surface area contributed by atoms with Crippen molar-refractivity contribution in [1.82, 2.24) is 18.7 Å². The third-order valence-electron chi connectivity index (χ3n) is 2.62. The summed E-state index contributed by atoms with van der Waals surface area (Å²) in [4.78, 5) is 8.41. The summed E-state index contributed by atoms with van der Waals surface area (Å²) in [6, 6.07) is 5.27. The molecular formula is C11H10ClN7S. The fraction of sp³-hybridized carbons (Fsp3) is 0.0909. The number of anilines is 3. The first-order valence-electron chi connectivity index (χ1n) is 5.67. The van der Waals surface area contributed by atoms with Gasteiger partial charge in [-0.05, 0) is 19.1 Å².